The van der Waals surface area contributed by atoms with E-state index in [-0.39, 0.29) is 11.9 Å². The van der Waals surface area contributed by atoms with E-state index in [2.05, 4.69) is 31.0 Å². The van der Waals surface area contributed by atoms with Gasteiger partial charge < -0.3 is 20.9 Å². The molecule has 2 bridgehead atoms. The summed E-state index contributed by atoms with van der Waals surface area (Å²) in [6, 6.07) is 4.81. The van der Waals surface area contributed by atoms with Crippen molar-refractivity contribution in [3.63, 3.8) is 0 Å². The normalized spacial score (nSPS) is 23.2. The van der Waals surface area contributed by atoms with Gasteiger partial charge in [0, 0.05) is 29.9 Å². The maximum atomic E-state index is 12.6. The highest BCUT2D eigenvalue weighted by atomic mass is 32.1. The summed E-state index contributed by atoms with van der Waals surface area (Å²) in [5.74, 6) is 2.34. The topological polar surface area (TPSA) is 111 Å². The molecular formula is C21H28N8OS. The highest BCUT2D eigenvalue weighted by molar-refractivity contribution is 7.17. The number of aromatic amines is 1. The van der Waals surface area contributed by atoms with Crippen LogP contribution in [-0.4, -0.2) is 62.7 Å². The van der Waals surface area contributed by atoms with E-state index in [0.29, 0.717) is 24.6 Å². The van der Waals surface area contributed by atoms with Gasteiger partial charge in [0.2, 0.25) is 11.9 Å². The summed E-state index contributed by atoms with van der Waals surface area (Å²) >= 11 is 1.61. The number of aromatic nitrogens is 4. The Balaban J connectivity index is 1.35. The lowest BCUT2D eigenvalue weighted by Crippen LogP contribution is -2.58. The summed E-state index contributed by atoms with van der Waals surface area (Å²) in [6.45, 7) is 2.38. The first kappa shape index (κ1) is 20.2. The molecule has 2 fully saturated rings. The van der Waals surface area contributed by atoms with Crippen LogP contribution in [0.4, 0.5) is 17.6 Å². The molecule has 2 unspecified atom stereocenters. The Morgan fingerprint density at radius 1 is 1.29 bits per heavy atom. The lowest BCUT2D eigenvalue weighted by Gasteiger charge is -2.49. The summed E-state index contributed by atoms with van der Waals surface area (Å²) in [7, 11) is 1.83. The zero-order valence-corrected chi connectivity index (χ0v) is 18.6. The molecule has 5 heterocycles. The molecule has 0 saturated carbocycles. The molecule has 9 nitrogen and oxygen atoms in total. The molecule has 31 heavy (non-hydrogen) atoms. The van der Waals surface area contributed by atoms with E-state index in [1.165, 1.54) is 6.42 Å². The van der Waals surface area contributed by atoms with E-state index < -0.39 is 0 Å². The van der Waals surface area contributed by atoms with Gasteiger partial charge in [-0.05, 0) is 57.5 Å². The van der Waals surface area contributed by atoms with Crippen LogP contribution >= 0.6 is 11.3 Å². The average Bonchev–Trinajstić information content (AvgIpc) is 3.36. The van der Waals surface area contributed by atoms with Crippen molar-refractivity contribution in [2.45, 2.75) is 57.2 Å². The molecule has 4 N–H and O–H groups in total. The number of rotatable bonds is 6. The van der Waals surface area contributed by atoms with E-state index in [1.807, 2.05) is 31.5 Å². The standard InChI is InChI=1S/C21H28N8OS/c1-12-8-17(28-27-12)25-20-19-16(6-7-31-19)24-21(26-20)23-13-9-14-4-3-5-15(10-13)29(14)18(30)11-22-2/h6-8,13-15,22H,3-5,9-11H2,1-2H3,(H3,23,24,25,26,27,28). The monoisotopic (exact) mass is 440 g/mol. The average molecular weight is 441 g/mol. The summed E-state index contributed by atoms with van der Waals surface area (Å²) < 4.78 is 1.01. The first-order valence-electron chi connectivity index (χ1n) is 10.9. The van der Waals surface area contributed by atoms with E-state index in [0.717, 1.165) is 53.2 Å². The highest BCUT2D eigenvalue weighted by Gasteiger charge is 2.40. The number of carbonyl (C=O) groups is 1. The van der Waals surface area contributed by atoms with Gasteiger partial charge in [0.15, 0.2) is 11.6 Å². The predicted molar refractivity (Wildman–Crippen MR) is 123 cm³/mol. The van der Waals surface area contributed by atoms with Crippen LogP contribution in [0.5, 0.6) is 0 Å². The molecule has 2 aliphatic rings. The van der Waals surface area contributed by atoms with E-state index in [9.17, 15) is 4.79 Å². The summed E-state index contributed by atoms with van der Waals surface area (Å²) in [5.41, 5.74) is 1.91. The Bertz CT molecular complexity index is 1060. The zero-order valence-electron chi connectivity index (χ0n) is 17.8. The molecule has 164 valence electrons. The number of nitrogens with one attached hydrogen (secondary N) is 4. The van der Waals surface area contributed by atoms with Gasteiger partial charge in [0.1, 0.15) is 0 Å². The van der Waals surface area contributed by atoms with E-state index >= 15 is 0 Å². The number of H-pyrrole nitrogens is 1. The molecule has 0 aliphatic carbocycles. The fourth-order valence-corrected chi connectivity index (χ4v) is 5.72. The third-order valence-corrected chi connectivity index (χ3v) is 7.09. The fraction of sp³-hybridized carbons (Fsp3) is 0.524. The first-order chi connectivity index (χ1) is 15.1. The van der Waals surface area contributed by atoms with Crippen molar-refractivity contribution in [2.24, 2.45) is 0 Å². The number of nitrogens with zero attached hydrogens (tertiary/aromatic N) is 4. The fourth-order valence-electron chi connectivity index (χ4n) is 4.95. The number of amides is 1. The lowest BCUT2D eigenvalue weighted by molar-refractivity contribution is -0.139. The number of hydrogen-bond acceptors (Lipinski definition) is 8. The van der Waals surface area contributed by atoms with Crippen LogP contribution in [0.2, 0.25) is 0 Å². The molecule has 3 aromatic rings. The molecule has 1 amide bonds. The predicted octanol–water partition coefficient (Wildman–Crippen LogP) is 3.01. The van der Waals surface area contributed by atoms with Crippen molar-refractivity contribution in [3.05, 3.63) is 23.2 Å². The van der Waals surface area contributed by atoms with Crippen LogP contribution in [0.25, 0.3) is 10.2 Å². The maximum Gasteiger partial charge on any atom is 0.237 e. The van der Waals surface area contributed by atoms with Crippen molar-refractivity contribution in [1.82, 2.24) is 30.4 Å². The van der Waals surface area contributed by atoms with Gasteiger partial charge >= 0.3 is 0 Å². The first-order valence-corrected chi connectivity index (χ1v) is 11.7. The van der Waals surface area contributed by atoms with Gasteiger partial charge in [-0.2, -0.15) is 10.1 Å². The number of anilines is 3. The Morgan fingerprint density at radius 2 is 2.10 bits per heavy atom. The van der Waals surface area contributed by atoms with Gasteiger partial charge in [-0.25, -0.2) is 4.98 Å². The van der Waals surface area contributed by atoms with Crippen LogP contribution in [0.3, 0.4) is 0 Å². The quantitative estimate of drug-likeness (QED) is 0.466. The molecule has 0 aromatic carbocycles. The number of likely N-dealkylation sites (N-methyl/N-ethyl adjacent to an activating group) is 1. The second-order valence-corrected chi connectivity index (χ2v) is 9.39. The molecule has 3 aromatic heterocycles. The summed E-state index contributed by atoms with van der Waals surface area (Å²) in [6.07, 6.45) is 5.19. The second-order valence-electron chi connectivity index (χ2n) is 8.47. The highest BCUT2D eigenvalue weighted by Crippen LogP contribution is 2.36. The Labute approximate surface area is 185 Å². The summed E-state index contributed by atoms with van der Waals surface area (Å²) in [4.78, 5) is 24.3. The summed E-state index contributed by atoms with van der Waals surface area (Å²) in [5, 5.41) is 19.2. The SMILES string of the molecule is CNCC(=O)N1C2CCCC1CC(Nc1nc(Nc3cc(C)[nH]n3)c3sccc3n1)C2. The van der Waals surface area contributed by atoms with Gasteiger partial charge in [0.05, 0.1) is 16.8 Å². The largest absolute Gasteiger partial charge is 0.351 e. The zero-order chi connectivity index (χ0) is 21.4. The van der Waals surface area contributed by atoms with E-state index in [4.69, 9.17) is 9.97 Å². The third-order valence-electron chi connectivity index (χ3n) is 6.18. The van der Waals surface area contributed by atoms with Crippen molar-refractivity contribution < 1.29 is 4.79 Å². The minimum Gasteiger partial charge on any atom is -0.351 e. The van der Waals surface area contributed by atoms with Crippen LogP contribution in [-0.2, 0) is 4.79 Å². The molecule has 0 spiro atoms. The van der Waals surface area contributed by atoms with Gasteiger partial charge in [-0.1, -0.05) is 0 Å². The molecule has 2 atom stereocenters. The molecule has 10 heteroatoms. The van der Waals surface area contributed by atoms with Gasteiger partial charge in [-0.3, -0.25) is 9.89 Å². The molecule has 0 radical (unpaired) electrons. The third kappa shape index (κ3) is 4.09. The van der Waals surface area contributed by atoms with Crippen LogP contribution < -0.4 is 16.0 Å². The van der Waals surface area contributed by atoms with Crippen LogP contribution in [0.1, 0.15) is 37.8 Å². The maximum absolute atomic E-state index is 12.6. The van der Waals surface area contributed by atoms with Crippen molar-refractivity contribution in [1.29, 1.82) is 0 Å². The second kappa shape index (κ2) is 8.43. The Morgan fingerprint density at radius 3 is 2.81 bits per heavy atom. The van der Waals surface area contributed by atoms with E-state index in [1.54, 1.807) is 11.3 Å². The Kier molecular flexibility index (Phi) is 5.49. The van der Waals surface area contributed by atoms with Gasteiger partial charge in [0.25, 0.3) is 0 Å². The van der Waals surface area contributed by atoms with Gasteiger partial charge in [-0.15, -0.1) is 11.3 Å². The van der Waals surface area contributed by atoms with Crippen LogP contribution in [0.15, 0.2) is 17.5 Å². The number of hydrogen-bond donors (Lipinski definition) is 4. The number of thiophene rings is 1. The number of aryl methyl sites for hydroxylation is 1. The lowest BCUT2D eigenvalue weighted by atomic mass is 9.81. The molecule has 5 rings (SSSR count). The van der Waals surface area contributed by atoms with Crippen molar-refractivity contribution >= 4 is 45.0 Å². The number of piperidine rings is 2. The molecular weight excluding hydrogens is 412 g/mol. The van der Waals surface area contributed by atoms with Crippen molar-refractivity contribution in [3.8, 4) is 0 Å². The van der Waals surface area contributed by atoms with Crippen molar-refractivity contribution in [2.75, 3.05) is 24.2 Å². The minimum absolute atomic E-state index is 0.215. The number of carbonyl (C=O) groups excluding carboxylic acids is 1. The Hall–Kier alpha value is -2.72. The molecule has 2 saturated heterocycles. The molecule has 2 aliphatic heterocycles. The number of fused-ring (bicyclic) bond motifs is 3. The smallest absolute Gasteiger partial charge is 0.237 e. The van der Waals surface area contributed by atoms with Crippen LogP contribution in [0, 0.1) is 6.92 Å². The minimum atomic E-state index is 0.215.